The Hall–Kier alpha value is -2.72. The molecule has 0 bridgehead atoms. The number of anilines is 1. The van der Waals surface area contributed by atoms with Crippen molar-refractivity contribution in [3.05, 3.63) is 51.5 Å². The fourth-order valence-electron chi connectivity index (χ4n) is 4.03. The molecule has 2 aromatic heterocycles. The summed E-state index contributed by atoms with van der Waals surface area (Å²) in [6.45, 7) is 6.84. The van der Waals surface area contributed by atoms with Crippen LogP contribution in [0.3, 0.4) is 0 Å². The van der Waals surface area contributed by atoms with E-state index in [1.54, 1.807) is 18.2 Å². The third-order valence-corrected chi connectivity index (χ3v) is 6.91. The normalized spacial score (nSPS) is 17.4. The maximum absolute atomic E-state index is 12.7. The van der Waals surface area contributed by atoms with Crippen molar-refractivity contribution in [2.45, 2.75) is 0 Å². The van der Waals surface area contributed by atoms with Gasteiger partial charge in [0.25, 0.3) is 0 Å². The molecule has 0 radical (unpaired) electrons. The Balaban J connectivity index is 1.30. The molecule has 0 aliphatic carbocycles. The molecular weight excluding hydrogens is 444 g/mol. The molecule has 33 heavy (non-hydrogen) atoms. The zero-order valence-electron chi connectivity index (χ0n) is 18.3. The van der Waals surface area contributed by atoms with Crippen LogP contribution in [0.25, 0.3) is 21.4 Å². The molecule has 0 saturated carbocycles. The minimum absolute atomic E-state index is 0.0468. The van der Waals surface area contributed by atoms with Crippen molar-refractivity contribution in [3.8, 4) is 11.1 Å². The molecule has 2 saturated heterocycles. The molecule has 9 heteroatoms. The molecule has 0 amide bonds. The van der Waals surface area contributed by atoms with E-state index in [9.17, 15) is 9.59 Å². The summed E-state index contributed by atoms with van der Waals surface area (Å²) < 4.78 is 22.9. The zero-order valence-corrected chi connectivity index (χ0v) is 19.1. The number of morpholine rings is 2. The fourth-order valence-corrected chi connectivity index (χ4v) is 4.94. The van der Waals surface area contributed by atoms with E-state index < -0.39 is 0 Å². The van der Waals surface area contributed by atoms with Crippen LogP contribution in [0.15, 0.2) is 44.9 Å². The van der Waals surface area contributed by atoms with Crippen LogP contribution in [-0.4, -0.2) is 76.6 Å². The Morgan fingerprint density at radius 3 is 2.42 bits per heavy atom. The fraction of sp³-hybridized carbons (Fsp3) is 0.417. The number of hydrogen-bond donors (Lipinski definition) is 0. The largest absolute Gasteiger partial charge is 0.461 e. The number of benzene rings is 1. The number of hydrogen-bond acceptors (Lipinski definition) is 9. The predicted molar refractivity (Wildman–Crippen MR) is 126 cm³/mol. The van der Waals surface area contributed by atoms with E-state index in [1.807, 2.05) is 22.4 Å². The van der Waals surface area contributed by atoms with Gasteiger partial charge in [-0.25, -0.2) is 4.79 Å². The molecule has 4 heterocycles. The summed E-state index contributed by atoms with van der Waals surface area (Å²) in [5.74, 6) is 0.224. The van der Waals surface area contributed by atoms with Gasteiger partial charge in [-0.2, -0.15) is 0 Å². The van der Waals surface area contributed by atoms with Crippen LogP contribution in [-0.2, 0) is 14.2 Å². The number of ether oxygens (including phenoxy) is 3. The molecule has 174 valence electrons. The van der Waals surface area contributed by atoms with Crippen LogP contribution in [0.2, 0.25) is 0 Å². The maximum Gasteiger partial charge on any atom is 0.338 e. The van der Waals surface area contributed by atoms with Gasteiger partial charge in [0.1, 0.15) is 11.3 Å². The molecule has 2 aliphatic heterocycles. The molecule has 1 aromatic carbocycles. The van der Waals surface area contributed by atoms with Gasteiger partial charge in [0.05, 0.1) is 32.0 Å². The molecular formula is C24H26N2O6S. The smallest absolute Gasteiger partial charge is 0.338 e. The summed E-state index contributed by atoms with van der Waals surface area (Å²) in [4.78, 5) is 29.3. The zero-order chi connectivity index (χ0) is 22.6. The van der Waals surface area contributed by atoms with Crippen LogP contribution >= 0.6 is 11.3 Å². The lowest BCUT2D eigenvalue weighted by atomic mass is 10.1. The maximum atomic E-state index is 12.7. The SMILES string of the molecule is O=C(OCCN1CCOCC1)c1ccc(-c2csc3c(=O)cc(N4CCOCC4)oc23)cc1. The molecule has 0 spiro atoms. The second kappa shape index (κ2) is 10.0. The molecule has 5 rings (SSSR count). The van der Waals surface area contributed by atoms with Crippen molar-refractivity contribution in [2.75, 3.05) is 70.7 Å². The third-order valence-electron chi connectivity index (χ3n) is 5.93. The van der Waals surface area contributed by atoms with Gasteiger partial charge in [-0.1, -0.05) is 12.1 Å². The quantitative estimate of drug-likeness (QED) is 0.509. The number of carbonyl (C=O) groups is 1. The Morgan fingerprint density at radius 2 is 1.70 bits per heavy atom. The molecule has 0 unspecified atom stereocenters. The monoisotopic (exact) mass is 470 g/mol. The summed E-state index contributed by atoms with van der Waals surface area (Å²) in [5, 5.41) is 1.92. The first-order valence-electron chi connectivity index (χ1n) is 11.1. The molecule has 8 nitrogen and oxygen atoms in total. The highest BCUT2D eigenvalue weighted by molar-refractivity contribution is 7.17. The molecule has 3 aromatic rings. The van der Waals surface area contributed by atoms with E-state index in [4.69, 9.17) is 18.6 Å². The van der Waals surface area contributed by atoms with Gasteiger partial charge in [-0.3, -0.25) is 9.69 Å². The second-order valence-electron chi connectivity index (χ2n) is 8.02. The van der Waals surface area contributed by atoms with E-state index in [0.717, 1.165) is 37.4 Å². The van der Waals surface area contributed by atoms with Crippen LogP contribution < -0.4 is 10.3 Å². The van der Waals surface area contributed by atoms with Crippen molar-refractivity contribution in [1.29, 1.82) is 0 Å². The Morgan fingerprint density at radius 1 is 1.00 bits per heavy atom. The Bertz CT molecular complexity index is 1160. The first-order valence-corrected chi connectivity index (χ1v) is 12.0. The van der Waals surface area contributed by atoms with E-state index >= 15 is 0 Å². The number of esters is 1. The molecule has 2 fully saturated rings. The topological polar surface area (TPSA) is 81.5 Å². The van der Waals surface area contributed by atoms with Gasteiger partial charge in [0.2, 0.25) is 5.43 Å². The van der Waals surface area contributed by atoms with E-state index in [0.29, 0.717) is 61.2 Å². The number of nitrogens with zero attached hydrogens (tertiary/aromatic N) is 2. The first kappa shape index (κ1) is 22.1. The number of rotatable bonds is 6. The summed E-state index contributed by atoms with van der Waals surface area (Å²) in [6, 6.07) is 8.78. The van der Waals surface area contributed by atoms with Crippen molar-refractivity contribution in [1.82, 2.24) is 4.90 Å². The average Bonchev–Trinajstić information content (AvgIpc) is 3.30. The minimum Gasteiger partial charge on any atom is -0.461 e. The van der Waals surface area contributed by atoms with Gasteiger partial charge >= 0.3 is 5.97 Å². The van der Waals surface area contributed by atoms with Crippen molar-refractivity contribution >= 4 is 33.5 Å². The van der Waals surface area contributed by atoms with Crippen molar-refractivity contribution in [2.24, 2.45) is 0 Å². The number of carbonyl (C=O) groups excluding carboxylic acids is 1. The van der Waals surface area contributed by atoms with E-state index in [1.165, 1.54) is 11.3 Å². The molecule has 0 N–H and O–H groups in total. The summed E-state index contributed by atoms with van der Waals surface area (Å²) in [6.07, 6.45) is 0. The molecule has 2 aliphatic rings. The highest BCUT2D eigenvalue weighted by atomic mass is 32.1. The van der Waals surface area contributed by atoms with Crippen molar-refractivity contribution < 1.29 is 23.4 Å². The third kappa shape index (κ3) is 4.96. The van der Waals surface area contributed by atoms with Gasteiger partial charge in [0, 0.05) is 49.7 Å². The van der Waals surface area contributed by atoms with Crippen LogP contribution in [0.1, 0.15) is 10.4 Å². The highest BCUT2D eigenvalue weighted by Crippen LogP contribution is 2.34. The Kier molecular flexibility index (Phi) is 6.73. The lowest BCUT2D eigenvalue weighted by molar-refractivity contribution is 0.0195. The summed E-state index contributed by atoms with van der Waals surface area (Å²) in [5.41, 5.74) is 2.75. The van der Waals surface area contributed by atoms with Gasteiger partial charge in [-0.05, 0) is 17.7 Å². The number of fused-ring (bicyclic) bond motifs is 1. The number of thiophene rings is 1. The summed E-state index contributed by atoms with van der Waals surface area (Å²) >= 11 is 1.37. The van der Waals surface area contributed by atoms with Gasteiger partial charge in [-0.15, -0.1) is 11.3 Å². The lowest BCUT2D eigenvalue weighted by Crippen LogP contribution is -2.38. The minimum atomic E-state index is -0.342. The van der Waals surface area contributed by atoms with Crippen molar-refractivity contribution in [3.63, 3.8) is 0 Å². The van der Waals surface area contributed by atoms with Gasteiger partial charge in [0.15, 0.2) is 11.5 Å². The summed E-state index contributed by atoms with van der Waals surface area (Å²) in [7, 11) is 0. The standard InChI is InChI=1S/C24H26N2O6S/c27-20-15-21(26-8-12-30-13-9-26)32-22-19(16-33-23(20)22)17-1-3-18(4-2-17)24(28)31-14-7-25-5-10-29-11-6-25/h1-4,15-16H,5-14H2. The second-order valence-corrected chi connectivity index (χ2v) is 8.90. The van der Waals surface area contributed by atoms with Gasteiger partial charge < -0.3 is 23.5 Å². The first-order chi connectivity index (χ1) is 16.2. The predicted octanol–water partition coefficient (Wildman–Crippen LogP) is 2.85. The van der Waals surface area contributed by atoms with Crippen LogP contribution in [0.5, 0.6) is 0 Å². The lowest BCUT2D eigenvalue weighted by Gasteiger charge is -2.27. The van der Waals surface area contributed by atoms with Crippen LogP contribution in [0.4, 0.5) is 5.88 Å². The van der Waals surface area contributed by atoms with E-state index in [-0.39, 0.29) is 11.4 Å². The average molecular weight is 471 g/mol. The highest BCUT2D eigenvalue weighted by Gasteiger charge is 2.19. The Labute approximate surface area is 195 Å². The van der Waals surface area contributed by atoms with E-state index in [2.05, 4.69) is 4.90 Å². The van der Waals surface area contributed by atoms with Crippen LogP contribution in [0, 0.1) is 0 Å². The molecule has 0 atom stereocenters.